The molecule has 1 aromatic heterocycles. The first kappa shape index (κ1) is 25.7. The Bertz CT molecular complexity index is 1440. The summed E-state index contributed by atoms with van der Waals surface area (Å²) >= 11 is 1.42. The van der Waals surface area contributed by atoms with Crippen LogP contribution >= 0.6 is 11.3 Å². The fourth-order valence-electron chi connectivity index (χ4n) is 3.68. The van der Waals surface area contributed by atoms with Crippen LogP contribution in [-0.2, 0) is 9.53 Å². The number of aliphatic imine (C=N–C) groups is 1. The van der Waals surface area contributed by atoms with Crippen LogP contribution in [0.4, 0.5) is 10.8 Å². The molecule has 0 unspecified atom stereocenters. The van der Waals surface area contributed by atoms with Crippen LogP contribution < -0.4 is 4.74 Å². The summed E-state index contributed by atoms with van der Waals surface area (Å²) < 4.78 is 10.3. The molecule has 9 heteroatoms. The highest BCUT2D eigenvalue weighted by molar-refractivity contribution is 7.19. The second-order valence-corrected chi connectivity index (χ2v) is 9.19. The molecule has 0 fully saturated rings. The Kier molecular flexibility index (Phi) is 8.05. The van der Waals surface area contributed by atoms with E-state index in [1.165, 1.54) is 23.5 Å². The van der Waals surface area contributed by atoms with Gasteiger partial charge in [-0.15, -0.1) is 0 Å². The number of non-ortho nitro benzene ring substituents is 1. The molecular weight excluding hydrogens is 490 g/mol. The molecule has 37 heavy (non-hydrogen) atoms. The molecule has 3 aromatic carbocycles. The van der Waals surface area contributed by atoms with Gasteiger partial charge in [-0.2, -0.15) is 0 Å². The minimum atomic E-state index is -0.416. The fourth-order valence-corrected chi connectivity index (χ4v) is 4.61. The van der Waals surface area contributed by atoms with Crippen molar-refractivity contribution < 1.29 is 19.2 Å². The Morgan fingerprint density at radius 2 is 1.81 bits per heavy atom. The molecule has 8 nitrogen and oxygen atoms in total. The van der Waals surface area contributed by atoms with E-state index < -0.39 is 10.9 Å². The predicted octanol–water partition coefficient (Wildman–Crippen LogP) is 6.69. The summed E-state index contributed by atoms with van der Waals surface area (Å²) in [6, 6.07) is 19.8. The molecule has 0 saturated heterocycles. The topological polar surface area (TPSA) is 104 Å². The van der Waals surface area contributed by atoms with Gasteiger partial charge in [-0.25, -0.2) is 14.8 Å². The first-order chi connectivity index (χ1) is 17.8. The molecule has 4 rings (SSSR count). The maximum atomic E-state index is 11.5. The molecule has 0 aliphatic carbocycles. The number of thiazole rings is 1. The second kappa shape index (κ2) is 11.6. The van der Waals surface area contributed by atoms with Crippen LogP contribution in [0.25, 0.3) is 21.7 Å². The van der Waals surface area contributed by atoms with Crippen LogP contribution in [0, 0.1) is 24.0 Å². The van der Waals surface area contributed by atoms with Crippen molar-refractivity contribution in [3.63, 3.8) is 0 Å². The number of hydrogen-bond acceptors (Lipinski definition) is 8. The number of aromatic nitrogens is 1. The lowest BCUT2D eigenvalue weighted by molar-refractivity contribution is -0.384. The van der Waals surface area contributed by atoms with Gasteiger partial charge in [0.15, 0.2) is 6.61 Å². The summed E-state index contributed by atoms with van der Waals surface area (Å²) in [5, 5.41) is 11.7. The van der Waals surface area contributed by atoms with Gasteiger partial charge in [0.1, 0.15) is 5.75 Å². The standard InChI is InChI=1S/C28H25N3O5S/c1-4-35-25(32)17-36-23-12-6-20(7-13-23)16-29-28-30-26(24-14-5-18(2)15-19(24)3)27(37-28)21-8-10-22(11-9-21)31(33)34/h5-16H,4,17H2,1-3H3. The largest absolute Gasteiger partial charge is 0.482 e. The molecule has 0 saturated carbocycles. The van der Waals surface area contributed by atoms with Crippen molar-refractivity contribution >= 4 is 34.3 Å². The quantitative estimate of drug-likeness (QED) is 0.106. The van der Waals surface area contributed by atoms with Crippen molar-refractivity contribution in [3.05, 3.63) is 93.5 Å². The lowest BCUT2D eigenvalue weighted by Gasteiger charge is -2.07. The number of nitro groups is 1. The predicted molar refractivity (Wildman–Crippen MR) is 145 cm³/mol. The Hall–Kier alpha value is -4.37. The Morgan fingerprint density at radius 3 is 2.46 bits per heavy atom. The van der Waals surface area contributed by atoms with Gasteiger partial charge >= 0.3 is 5.97 Å². The fraction of sp³-hybridized carbons (Fsp3) is 0.179. The van der Waals surface area contributed by atoms with Crippen molar-refractivity contribution in [1.29, 1.82) is 0 Å². The summed E-state index contributed by atoms with van der Waals surface area (Å²) in [6.45, 7) is 5.99. The lowest BCUT2D eigenvalue weighted by atomic mass is 10.0. The monoisotopic (exact) mass is 515 g/mol. The molecule has 188 valence electrons. The van der Waals surface area contributed by atoms with Gasteiger partial charge in [0.05, 0.1) is 22.1 Å². The number of ether oxygens (including phenoxy) is 2. The Morgan fingerprint density at radius 1 is 1.08 bits per heavy atom. The van der Waals surface area contributed by atoms with Gasteiger partial charge in [0.25, 0.3) is 5.69 Å². The zero-order valence-electron chi connectivity index (χ0n) is 20.6. The number of carbonyl (C=O) groups is 1. The molecule has 0 radical (unpaired) electrons. The van der Waals surface area contributed by atoms with E-state index in [0.29, 0.717) is 17.5 Å². The summed E-state index contributed by atoms with van der Waals surface area (Å²) in [7, 11) is 0. The average molecular weight is 516 g/mol. The van der Waals surface area contributed by atoms with E-state index in [4.69, 9.17) is 14.5 Å². The van der Waals surface area contributed by atoms with Gasteiger partial charge in [-0.1, -0.05) is 35.1 Å². The van der Waals surface area contributed by atoms with E-state index in [9.17, 15) is 14.9 Å². The van der Waals surface area contributed by atoms with E-state index in [0.717, 1.165) is 38.4 Å². The third kappa shape index (κ3) is 6.45. The highest BCUT2D eigenvalue weighted by Crippen LogP contribution is 2.41. The lowest BCUT2D eigenvalue weighted by Crippen LogP contribution is -2.14. The molecule has 0 bridgehead atoms. The van der Waals surface area contributed by atoms with Crippen molar-refractivity contribution in [2.45, 2.75) is 20.8 Å². The summed E-state index contributed by atoms with van der Waals surface area (Å²) in [4.78, 5) is 32.4. The van der Waals surface area contributed by atoms with E-state index in [-0.39, 0.29) is 12.3 Å². The minimum Gasteiger partial charge on any atom is -0.482 e. The van der Waals surface area contributed by atoms with Crippen LogP contribution in [0.1, 0.15) is 23.6 Å². The third-order valence-electron chi connectivity index (χ3n) is 5.46. The SMILES string of the molecule is CCOC(=O)COc1ccc(C=Nc2nc(-c3ccc(C)cc3C)c(-c3ccc([N+](=O)[O-])cc3)s2)cc1. The van der Waals surface area contributed by atoms with E-state index >= 15 is 0 Å². The molecule has 0 aliphatic rings. The van der Waals surface area contributed by atoms with Gasteiger partial charge < -0.3 is 9.47 Å². The first-order valence-corrected chi connectivity index (χ1v) is 12.4. The molecular formula is C28H25N3O5S. The zero-order chi connectivity index (χ0) is 26.4. The maximum absolute atomic E-state index is 11.5. The van der Waals surface area contributed by atoms with Gasteiger partial charge in [-0.3, -0.25) is 10.1 Å². The highest BCUT2D eigenvalue weighted by Gasteiger charge is 2.17. The number of nitro benzene ring substituents is 1. The van der Waals surface area contributed by atoms with E-state index in [2.05, 4.69) is 11.1 Å². The normalized spacial score (nSPS) is 11.0. The average Bonchev–Trinajstić information content (AvgIpc) is 3.31. The second-order valence-electron chi connectivity index (χ2n) is 8.22. The van der Waals surface area contributed by atoms with Gasteiger partial charge in [0.2, 0.25) is 5.13 Å². The number of aryl methyl sites for hydroxylation is 2. The highest BCUT2D eigenvalue weighted by atomic mass is 32.1. The number of nitrogens with zero attached hydrogens (tertiary/aromatic N) is 3. The summed E-state index contributed by atoms with van der Waals surface area (Å²) in [5.41, 5.74) is 5.72. The smallest absolute Gasteiger partial charge is 0.344 e. The molecule has 0 atom stereocenters. The van der Waals surface area contributed by atoms with Crippen LogP contribution in [-0.4, -0.2) is 35.3 Å². The number of rotatable bonds is 9. The third-order valence-corrected chi connectivity index (χ3v) is 6.47. The van der Waals surface area contributed by atoms with Crippen molar-refractivity contribution in [1.82, 2.24) is 4.98 Å². The Labute approximate surface area is 218 Å². The van der Waals surface area contributed by atoms with Crippen LogP contribution in [0.2, 0.25) is 0 Å². The van der Waals surface area contributed by atoms with Gasteiger partial charge in [-0.05, 0) is 73.9 Å². The van der Waals surface area contributed by atoms with E-state index in [1.54, 1.807) is 37.4 Å². The van der Waals surface area contributed by atoms with Crippen LogP contribution in [0.15, 0.2) is 71.7 Å². The maximum Gasteiger partial charge on any atom is 0.344 e. The number of esters is 1. The van der Waals surface area contributed by atoms with Crippen molar-refractivity contribution in [3.8, 4) is 27.4 Å². The van der Waals surface area contributed by atoms with Crippen LogP contribution in [0.3, 0.4) is 0 Å². The number of carbonyl (C=O) groups excluding carboxylic acids is 1. The summed E-state index contributed by atoms with van der Waals surface area (Å²) in [5.74, 6) is 0.136. The molecule has 0 N–H and O–H groups in total. The van der Waals surface area contributed by atoms with Gasteiger partial charge in [0, 0.05) is 23.9 Å². The molecule has 0 aliphatic heterocycles. The van der Waals surface area contributed by atoms with Crippen LogP contribution in [0.5, 0.6) is 5.75 Å². The zero-order valence-corrected chi connectivity index (χ0v) is 21.5. The van der Waals surface area contributed by atoms with Crippen molar-refractivity contribution in [2.24, 2.45) is 4.99 Å². The molecule has 0 amide bonds. The molecule has 0 spiro atoms. The number of benzene rings is 3. The van der Waals surface area contributed by atoms with Crippen molar-refractivity contribution in [2.75, 3.05) is 13.2 Å². The Balaban J connectivity index is 1.61. The summed E-state index contributed by atoms with van der Waals surface area (Å²) in [6.07, 6.45) is 1.71. The first-order valence-electron chi connectivity index (χ1n) is 11.6. The van der Waals surface area contributed by atoms with E-state index in [1.807, 2.05) is 38.1 Å². The minimum absolute atomic E-state index is 0.0364. The molecule has 1 heterocycles. The molecule has 4 aromatic rings. The number of hydrogen-bond donors (Lipinski definition) is 0.